The molecule has 2 heterocycles. The van der Waals surface area contributed by atoms with Gasteiger partial charge in [-0.1, -0.05) is 0 Å². The molecule has 3 N–H and O–H groups in total. The Labute approximate surface area is 123 Å². The average Bonchev–Trinajstić information content (AvgIpc) is 2.86. The van der Waals surface area contributed by atoms with Crippen LogP contribution < -0.4 is 20.5 Å². The number of carbonyl (C=O) groups excluding carboxylic acids is 1. The van der Waals surface area contributed by atoms with Gasteiger partial charge in [0.15, 0.2) is 11.5 Å². The molecular formula is C13H10BrN3O3. The first kappa shape index (κ1) is 12.7. The fraction of sp³-hybridized carbons (Fsp3) is 0.0769. The van der Waals surface area contributed by atoms with Gasteiger partial charge >= 0.3 is 0 Å². The van der Waals surface area contributed by atoms with Gasteiger partial charge in [-0.3, -0.25) is 9.78 Å². The number of amides is 1. The molecule has 1 aromatic heterocycles. The van der Waals surface area contributed by atoms with E-state index in [9.17, 15) is 4.79 Å². The van der Waals surface area contributed by atoms with Gasteiger partial charge in [0.1, 0.15) is 0 Å². The van der Waals surface area contributed by atoms with Crippen LogP contribution in [0.5, 0.6) is 11.5 Å². The van der Waals surface area contributed by atoms with Crippen LogP contribution in [0.4, 0.5) is 11.4 Å². The molecule has 102 valence electrons. The zero-order valence-electron chi connectivity index (χ0n) is 10.2. The van der Waals surface area contributed by atoms with E-state index >= 15 is 0 Å². The molecule has 0 spiro atoms. The standard InChI is InChI=1S/C13H10BrN3O3/c14-8-1-7(4-16-5-8)13(18)17-10-3-12-11(2-9(10)15)19-6-20-12/h1-5H,6,15H2,(H,17,18). The molecule has 2 aromatic rings. The minimum absolute atomic E-state index is 0.154. The number of anilines is 2. The SMILES string of the molecule is Nc1cc2c(cc1NC(=O)c1cncc(Br)c1)OCO2. The summed E-state index contributed by atoms with van der Waals surface area (Å²) in [6.07, 6.45) is 3.08. The van der Waals surface area contributed by atoms with E-state index in [1.807, 2.05) is 0 Å². The summed E-state index contributed by atoms with van der Waals surface area (Å²) in [7, 11) is 0. The maximum Gasteiger partial charge on any atom is 0.257 e. The van der Waals surface area contributed by atoms with Crippen molar-refractivity contribution in [1.82, 2.24) is 4.98 Å². The van der Waals surface area contributed by atoms with Gasteiger partial charge in [0.25, 0.3) is 5.91 Å². The lowest BCUT2D eigenvalue weighted by atomic mass is 10.2. The normalized spacial score (nSPS) is 12.2. The summed E-state index contributed by atoms with van der Waals surface area (Å²) < 4.78 is 11.2. The highest BCUT2D eigenvalue weighted by Gasteiger charge is 2.17. The fourth-order valence-corrected chi connectivity index (χ4v) is 2.16. The minimum Gasteiger partial charge on any atom is -0.454 e. The third kappa shape index (κ3) is 2.39. The lowest BCUT2D eigenvalue weighted by molar-refractivity contribution is 0.102. The number of nitrogens with zero attached hydrogens (tertiary/aromatic N) is 1. The molecule has 1 amide bonds. The van der Waals surface area contributed by atoms with E-state index < -0.39 is 0 Å². The zero-order valence-corrected chi connectivity index (χ0v) is 11.8. The van der Waals surface area contributed by atoms with Crippen molar-refractivity contribution in [2.24, 2.45) is 0 Å². The predicted octanol–water partition coefficient (Wildman–Crippen LogP) is 2.41. The highest BCUT2D eigenvalue weighted by molar-refractivity contribution is 9.10. The third-order valence-corrected chi connectivity index (χ3v) is 3.19. The molecule has 1 aliphatic rings. The number of hydrogen-bond acceptors (Lipinski definition) is 5. The van der Waals surface area contributed by atoms with E-state index in [2.05, 4.69) is 26.2 Å². The number of benzene rings is 1. The highest BCUT2D eigenvalue weighted by Crippen LogP contribution is 2.38. The molecule has 1 aromatic carbocycles. The molecular weight excluding hydrogens is 326 g/mol. The summed E-state index contributed by atoms with van der Waals surface area (Å²) in [4.78, 5) is 16.1. The van der Waals surface area contributed by atoms with Crippen molar-refractivity contribution in [3.63, 3.8) is 0 Å². The Morgan fingerprint density at radius 2 is 2.00 bits per heavy atom. The van der Waals surface area contributed by atoms with Crippen molar-refractivity contribution in [3.05, 3.63) is 40.6 Å². The monoisotopic (exact) mass is 335 g/mol. The molecule has 0 bridgehead atoms. The Morgan fingerprint density at radius 3 is 2.75 bits per heavy atom. The summed E-state index contributed by atoms with van der Waals surface area (Å²) in [6.45, 7) is 0.154. The second-order valence-corrected chi connectivity index (χ2v) is 5.05. The van der Waals surface area contributed by atoms with Crippen LogP contribution in [0, 0.1) is 0 Å². The Kier molecular flexibility index (Phi) is 3.19. The largest absolute Gasteiger partial charge is 0.454 e. The number of nitrogens with one attached hydrogen (secondary N) is 1. The van der Waals surface area contributed by atoms with Gasteiger partial charge in [-0.15, -0.1) is 0 Å². The van der Waals surface area contributed by atoms with Crippen LogP contribution in [-0.4, -0.2) is 17.7 Å². The molecule has 0 atom stereocenters. The lowest BCUT2D eigenvalue weighted by Gasteiger charge is -2.09. The fourth-order valence-electron chi connectivity index (χ4n) is 1.80. The molecule has 6 nitrogen and oxygen atoms in total. The van der Waals surface area contributed by atoms with Crippen molar-refractivity contribution < 1.29 is 14.3 Å². The lowest BCUT2D eigenvalue weighted by Crippen LogP contribution is -2.13. The second kappa shape index (κ2) is 5.01. The number of aromatic nitrogens is 1. The van der Waals surface area contributed by atoms with Gasteiger partial charge in [0, 0.05) is 29.0 Å². The smallest absolute Gasteiger partial charge is 0.257 e. The van der Waals surface area contributed by atoms with Crippen LogP contribution in [0.3, 0.4) is 0 Å². The molecule has 1 aliphatic heterocycles. The average molecular weight is 336 g/mol. The number of pyridine rings is 1. The van der Waals surface area contributed by atoms with Gasteiger partial charge in [-0.25, -0.2) is 0 Å². The minimum atomic E-state index is -0.302. The number of nitrogen functional groups attached to an aromatic ring is 1. The highest BCUT2D eigenvalue weighted by atomic mass is 79.9. The predicted molar refractivity (Wildman–Crippen MR) is 76.9 cm³/mol. The Hall–Kier alpha value is -2.28. The third-order valence-electron chi connectivity index (χ3n) is 2.76. The van der Waals surface area contributed by atoms with Crippen molar-refractivity contribution >= 4 is 33.2 Å². The summed E-state index contributed by atoms with van der Waals surface area (Å²) in [6, 6.07) is 4.93. The maximum absolute atomic E-state index is 12.1. The Balaban J connectivity index is 1.86. The van der Waals surface area contributed by atoms with E-state index in [1.54, 1.807) is 24.4 Å². The van der Waals surface area contributed by atoms with Crippen LogP contribution in [0.1, 0.15) is 10.4 Å². The summed E-state index contributed by atoms with van der Waals surface area (Å²) in [5, 5.41) is 2.72. The van der Waals surface area contributed by atoms with Crippen LogP contribution in [0.2, 0.25) is 0 Å². The van der Waals surface area contributed by atoms with Gasteiger partial charge in [0.2, 0.25) is 6.79 Å². The Morgan fingerprint density at radius 1 is 1.25 bits per heavy atom. The molecule has 0 unspecified atom stereocenters. The van der Waals surface area contributed by atoms with Crippen molar-refractivity contribution in [2.75, 3.05) is 17.8 Å². The number of hydrogen-bond donors (Lipinski definition) is 2. The number of rotatable bonds is 2. The number of halogens is 1. The summed E-state index contributed by atoms with van der Waals surface area (Å²) >= 11 is 3.27. The van der Waals surface area contributed by atoms with Crippen LogP contribution in [0.15, 0.2) is 35.1 Å². The van der Waals surface area contributed by atoms with Gasteiger partial charge < -0.3 is 20.5 Å². The van der Waals surface area contributed by atoms with Gasteiger partial charge in [-0.2, -0.15) is 0 Å². The Bertz CT molecular complexity index is 691. The molecule has 0 saturated heterocycles. The van der Waals surface area contributed by atoms with Gasteiger partial charge in [-0.05, 0) is 22.0 Å². The van der Waals surface area contributed by atoms with E-state index in [0.29, 0.717) is 28.4 Å². The number of nitrogens with two attached hydrogens (primary N) is 1. The number of fused-ring (bicyclic) bond motifs is 1. The van der Waals surface area contributed by atoms with Crippen LogP contribution >= 0.6 is 15.9 Å². The molecule has 7 heteroatoms. The first-order valence-corrected chi connectivity index (χ1v) is 6.54. The molecule has 0 fully saturated rings. The topological polar surface area (TPSA) is 86.5 Å². The second-order valence-electron chi connectivity index (χ2n) is 4.14. The maximum atomic E-state index is 12.1. The van der Waals surface area contributed by atoms with Crippen LogP contribution in [0.25, 0.3) is 0 Å². The van der Waals surface area contributed by atoms with Crippen molar-refractivity contribution in [3.8, 4) is 11.5 Å². The summed E-state index contributed by atoms with van der Waals surface area (Å²) in [5.41, 5.74) is 7.18. The first-order valence-electron chi connectivity index (χ1n) is 5.74. The number of ether oxygens (including phenoxy) is 2. The quantitative estimate of drug-likeness (QED) is 0.823. The first-order chi connectivity index (χ1) is 9.63. The number of carbonyl (C=O) groups is 1. The van der Waals surface area contributed by atoms with E-state index in [4.69, 9.17) is 15.2 Å². The van der Waals surface area contributed by atoms with Crippen molar-refractivity contribution in [1.29, 1.82) is 0 Å². The van der Waals surface area contributed by atoms with Gasteiger partial charge in [0.05, 0.1) is 16.9 Å². The summed E-state index contributed by atoms with van der Waals surface area (Å²) in [5.74, 6) is 0.829. The van der Waals surface area contributed by atoms with Crippen LogP contribution in [-0.2, 0) is 0 Å². The molecule has 3 rings (SSSR count). The van der Waals surface area contributed by atoms with E-state index in [-0.39, 0.29) is 12.7 Å². The molecule has 0 saturated carbocycles. The van der Waals surface area contributed by atoms with E-state index in [0.717, 1.165) is 4.47 Å². The van der Waals surface area contributed by atoms with Crippen molar-refractivity contribution in [2.45, 2.75) is 0 Å². The zero-order chi connectivity index (χ0) is 14.1. The molecule has 20 heavy (non-hydrogen) atoms. The molecule has 0 aliphatic carbocycles. The van der Waals surface area contributed by atoms with E-state index in [1.165, 1.54) is 6.20 Å². The molecule has 0 radical (unpaired) electrons.